The number of alkyl halides is 3. The summed E-state index contributed by atoms with van der Waals surface area (Å²) in [5.41, 5.74) is -4.78. The lowest BCUT2D eigenvalue weighted by molar-refractivity contribution is -0.122. The van der Waals surface area contributed by atoms with Gasteiger partial charge < -0.3 is 25.6 Å². The molecule has 4 atom stereocenters. The molecule has 43 heavy (non-hydrogen) atoms. The van der Waals surface area contributed by atoms with Crippen molar-refractivity contribution in [2.24, 2.45) is 17.8 Å². The van der Waals surface area contributed by atoms with E-state index in [0.717, 1.165) is 31.0 Å². The molecule has 4 unspecified atom stereocenters. The van der Waals surface area contributed by atoms with Crippen LogP contribution in [-0.4, -0.2) is 46.7 Å². The predicted octanol–water partition coefficient (Wildman–Crippen LogP) is 6.30. The average molecular weight is 619 g/mol. The Morgan fingerprint density at radius 1 is 1.00 bits per heavy atom. The normalized spacial score (nSPS) is 21.0. The number of hydrogen-bond donors (Lipinski definition) is 4. The molecular formula is C30H26F4N2O6S. The summed E-state index contributed by atoms with van der Waals surface area (Å²) in [5, 5.41) is 24.8. The second kappa shape index (κ2) is 11.8. The van der Waals surface area contributed by atoms with E-state index in [2.05, 4.69) is 10.6 Å². The lowest BCUT2D eigenvalue weighted by atomic mass is 9.83. The third-order valence-electron chi connectivity index (χ3n) is 7.92. The highest BCUT2D eigenvalue weighted by molar-refractivity contribution is 8.00. The zero-order valence-corrected chi connectivity index (χ0v) is 23.4. The Labute approximate surface area is 247 Å². The van der Waals surface area contributed by atoms with Gasteiger partial charge in [-0.05, 0) is 84.8 Å². The van der Waals surface area contributed by atoms with Crippen LogP contribution in [0.1, 0.15) is 40.0 Å². The third kappa shape index (κ3) is 6.41. The number of phenols is 1. The van der Waals surface area contributed by atoms with Crippen LogP contribution in [0.4, 0.5) is 23.2 Å². The van der Waals surface area contributed by atoms with Crippen molar-refractivity contribution in [2.75, 3.05) is 12.4 Å². The largest absolute Gasteiger partial charge is 0.507 e. The van der Waals surface area contributed by atoms with E-state index in [4.69, 9.17) is 4.74 Å². The first-order valence-electron chi connectivity index (χ1n) is 13.3. The maximum absolute atomic E-state index is 15.1. The van der Waals surface area contributed by atoms with E-state index in [1.807, 2.05) is 0 Å². The van der Waals surface area contributed by atoms with Crippen LogP contribution in [0.2, 0.25) is 0 Å². The second-order valence-corrected chi connectivity index (χ2v) is 11.6. The Kier molecular flexibility index (Phi) is 8.28. The number of ether oxygens (including phenoxy) is 1. The number of benzene rings is 3. The number of fused-ring (bicyclic) bond motifs is 2. The van der Waals surface area contributed by atoms with Crippen LogP contribution in [0.3, 0.4) is 0 Å². The minimum Gasteiger partial charge on any atom is -0.507 e. The zero-order valence-electron chi connectivity index (χ0n) is 22.6. The number of methoxy groups -OCH3 is 1. The van der Waals surface area contributed by atoms with E-state index in [9.17, 15) is 37.8 Å². The highest BCUT2D eigenvalue weighted by Gasteiger charge is 2.51. The number of rotatable bonds is 8. The van der Waals surface area contributed by atoms with E-state index >= 15 is 4.39 Å². The van der Waals surface area contributed by atoms with Gasteiger partial charge in [0.05, 0.1) is 18.6 Å². The number of carboxylic acids is 1. The van der Waals surface area contributed by atoms with Crippen molar-refractivity contribution in [3.63, 3.8) is 0 Å². The van der Waals surface area contributed by atoms with Crippen LogP contribution in [0.5, 0.6) is 11.5 Å². The van der Waals surface area contributed by atoms with Gasteiger partial charge >= 0.3 is 11.5 Å². The molecule has 0 spiro atoms. The van der Waals surface area contributed by atoms with E-state index in [1.54, 1.807) is 0 Å². The Morgan fingerprint density at radius 3 is 2.44 bits per heavy atom. The quantitative estimate of drug-likeness (QED) is 0.173. The van der Waals surface area contributed by atoms with E-state index < -0.39 is 52.4 Å². The van der Waals surface area contributed by atoms with Gasteiger partial charge in [-0.1, -0.05) is 12.1 Å². The highest BCUT2D eigenvalue weighted by atomic mass is 32.2. The SMILES string of the molecule is COc1cc(F)c(-c2ccc(O)c(C(=O)O)c2)cc1C(=O)NC1C2CCC(C2)C1C(=O)Nc1cccc(SC(F)(F)F)c1. The molecule has 226 valence electrons. The standard InChI is InChI=1S/C30H26F4N2O6S/c1-42-24-13-22(31)19(14-7-8-23(37)20(10-14)29(40)41)12-21(24)27(38)36-26-16-6-5-15(9-16)25(26)28(39)35-17-3-2-4-18(11-17)43-30(32,33)34/h2-4,7-8,10-13,15-16,25-26,37H,5-6,9H2,1H3,(H,35,39)(H,36,38)(H,40,41). The fraction of sp³-hybridized carbons (Fsp3) is 0.300. The van der Waals surface area contributed by atoms with Crippen molar-refractivity contribution >= 4 is 35.2 Å². The average Bonchev–Trinajstić information content (AvgIpc) is 3.54. The van der Waals surface area contributed by atoms with Gasteiger partial charge in [0.15, 0.2) is 0 Å². The van der Waals surface area contributed by atoms with Gasteiger partial charge in [-0.3, -0.25) is 9.59 Å². The van der Waals surface area contributed by atoms with Crippen molar-refractivity contribution < 1.29 is 46.9 Å². The van der Waals surface area contributed by atoms with Crippen molar-refractivity contribution in [3.05, 3.63) is 71.5 Å². The molecule has 0 heterocycles. The van der Waals surface area contributed by atoms with Gasteiger partial charge in [0, 0.05) is 28.3 Å². The summed E-state index contributed by atoms with van der Waals surface area (Å²) < 4.78 is 58.8. The van der Waals surface area contributed by atoms with Crippen molar-refractivity contribution in [1.29, 1.82) is 0 Å². The number of carbonyl (C=O) groups is 3. The summed E-state index contributed by atoms with van der Waals surface area (Å²) in [4.78, 5) is 38.4. The topological polar surface area (TPSA) is 125 Å². The molecule has 3 aromatic carbocycles. The predicted molar refractivity (Wildman–Crippen MR) is 150 cm³/mol. The summed E-state index contributed by atoms with van der Waals surface area (Å²) in [6.07, 6.45) is 2.22. The zero-order chi connectivity index (χ0) is 31.1. The van der Waals surface area contributed by atoms with Gasteiger partial charge in [0.25, 0.3) is 5.91 Å². The number of amides is 2. The minimum absolute atomic E-state index is 0.0158. The molecule has 3 aromatic rings. The van der Waals surface area contributed by atoms with Crippen LogP contribution in [0.15, 0.2) is 59.5 Å². The van der Waals surface area contributed by atoms with E-state index in [1.165, 1.54) is 43.5 Å². The molecule has 0 saturated heterocycles. The molecule has 0 aliphatic heterocycles. The molecule has 2 bridgehead atoms. The number of hydrogen-bond acceptors (Lipinski definition) is 6. The molecule has 8 nitrogen and oxygen atoms in total. The van der Waals surface area contributed by atoms with Gasteiger partial charge in [-0.2, -0.15) is 13.2 Å². The maximum atomic E-state index is 15.1. The number of carbonyl (C=O) groups excluding carboxylic acids is 2. The Bertz CT molecular complexity index is 1600. The molecule has 2 aliphatic carbocycles. The molecule has 5 rings (SSSR count). The monoisotopic (exact) mass is 618 g/mol. The summed E-state index contributed by atoms with van der Waals surface area (Å²) >= 11 is -0.289. The highest BCUT2D eigenvalue weighted by Crippen LogP contribution is 2.49. The second-order valence-electron chi connectivity index (χ2n) is 10.5. The van der Waals surface area contributed by atoms with Crippen LogP contribution in [0, 0.1) is 23.6 Å². The van der Waals surface area contributed by atoms with Crippen molar-refractivity contribution in [3.8, 4) is 22.6 Å². The number of halogens is 4. The summed E-state index contributed by atoms with van der Waals surface area (Å²) in [5.74, 6) is -4.58. The van der Waals surface area contributed by atoms with Crippen LogP contribution < -0.4 is 15.4 Å². The fourth-order valence-corrected chi connectivity index (χ4v) is 6.70. The van der Waals surface area contributed by atoms with Crippen molar-refractivity contribution in [1.82, 2.24) is 5.32 Å². The number of carboxylic acid groups (broad SMARTS) is 1. The van der Waals surface area contributed by atoms with Gasteiger partial charge in [-0.25, -0.2) is 9.18 Å². The molecule has 2 amide bonds. The first-order valence-corrected chi connectivity index (χ1v) is 14.1. The molecule has 2 fully saturated rings. The maximum Gasteiger partial charge on any atom is 0.446 e. The van der Waals surface area contributed by atoms with Gasteiger partial charge in [-0.15, -0.1) is 0 Å². The third-order valence-corrected chi connectivity index (χ3v) is 8.64. The Morgan fingerprint density at radius 2 is 1.74 bits per heavy atom. The minimum atomic E-state index is -4.48. The smallest absolute Gasteiger partial charge is 0.446 e. The molecular weight excluding hydrogens is 592 g/mol. The Hall–Kier alpha value is -4.26. The fourth-order valence-electron chi connectivity index (χ4n) is 6.10. The van der Waals surface area contributed by atoms with Crippen LogP contribution in [0.25, 0.3) is 11.1 Å². The number of aromatic carboxylic acids is 1. The van der Waals surface area contributed by atoms with Crippen LogP contribution >= 0.6 is 11.8 Å². The number of nitrogens with one attached hydrogen (secondary N) is 2. The molecule has 4 N–H and O–H groups in total. The van der Waals surface area contributed by atoms with Gasteiger partial charge in [0.2, 0.25) is 5.91 Å². The number of anilines is 1. The van der Waals surface area contributed by atoms with Gasteiger partial charge in [0.1, 0.15) is 22.9 Å². The Balaban J connectivity index is 1.40. The molecule has 2 saturated carbocycles. The summed E-state index contributed by atoms with van der Waals surface area (Å²) in [6, 6.07) is 10.6. The molecule has 0 aromatic heterocycles. The first-order chi connectivity index (χ1) is 20.3. The molecule has 0 radical (unpaired) electrons. The van der Waals surface area contributed by atoms with Crippen molar-refractivity contribution in [2.45, 2.75) is 35.7 Å². The van der Waals surface area contributed by atoms with E-state index in [-0.39, 0.29) is 56.6 Å². The summed E-state index contributed by atoms with van der Waals surface area (Å²) in [7, 11) is 1.26. The summed E-state index contributed by atoms with van der Waals surface area (Å²) in [6.45, 7) is 0. The van der Waals surface area contributed by atoms with Crippen LogP contribution in [-0.2, 0) is 4.79 Å². The lowest BCUT2D eigenvalue weighted by Gasteiger charge is -2.31. The van der Waals surface area contributed by atoms with E-state index in [0.29, 0.717) is 6.42 Å². The number of aromatic hydroxyl groups is 1. The molecule has 2 aliphatic rings. The number of thioether (sulfide) groups is 1. The first kappa shape index (κ1) is 30.2. The molecule has 13 heteroatoms. The lowest BCUT2D eigenvalue weighted by Crippen LogP contribution is -2.48.